The fourth-order valence-corrected chi connectivity index (χ4v) is 1.31. The van der Waals surface area contributed by atoms with Crippen LogP contribution in [0.25, 0.3) is 0 Å². The van der Waals surface area contributed by atoms with Gasteiger partial charge in [0.1, 0.15) is 6.04 Å². The molecule has 3 N–H and O–H groups in total. The van der Waals surface area contributed by atoms with E-state index in [9.17, 15) is 14.7 Å². The molecule has 0 aliphatic rings. The van der Waals surface area contributed by atoms with Crippen molar-refractivity contribution in [1.82, 2.24) is 4.57 Å². The van der Waals surface area contributed by atoms with Gasteiger partial charge in [0, 0.05) is 37.4 Å². The molecule has 5 nitrogen and oxygen atoms in total. The van der Waals surface area contributed by atoms with E-state index in [0.717, 1.165) is 0 Å². The number of carboxylic acid groups (broad SMARTS) is 1. The number of carboxylic acids is 1. The van der Waals surface area contributed by atoms with Crippen molar-refractivity contribution < 1.29 is 20.4 Å². The molecule has 0 saturated carbocycles. The van der Waals surface area contributed by atoms with E-state index in [-0.39, 0.29) is 18.6 Å². The number of aromatic nitrogens is 1. The Hall–Kier alpha value is -1.62. The highest BCUT2D eigenvalue weighted by Gasteiger charge is 2.19. The molecule has 1 heterocycles. The first-order chi connectivity index (χ1) is 7.00. The Labute approximate surface area is 87.5 Å². The van der Waals surface area contributed by atoms with Gasteiger partial charge in [0.2, 0.25) is 5.78 Å². The van der Waals surface area contributed by atoms with E-state index in [0.29, 0.717) is 5.56 Å². The SMILES string of the molecule is Cn1ccc(C(=O)[C@@H]([NH3+])CCC(=O)[O-])c1. The van der Waals surface area contributed by atoms with E-state index < -0.39 is 12.0 Å². The van der Waals surface area contributed by atoms with Crippen LogP contribution in [0.4, 0.5) is 0 Å². The summed E-state index contributed by atoms with van der Waals surface area (Å²) in [4.78, 5) is 21.9. The van der Waals surface area contributed by atoms with E-state index in [2.05, 4.69) is 5.73 Å². The van der Waals surface area contributed by atoms with Crippen molar-refractivity contribution >= 4 is 11.8 Å². The Morgan fingerprint density at radius 3 is 2.73 bits per heavy atom. The van der Waals surface area contributed by atoms with Gasteiger partial charge >= 0.3 is 0 Å². The Morgan fingerprint density at radius 1 is 1.60 bits per heavy atom. The zero-order valence-electron chi connectivity index (χ0n) is 8.60. The molecule has 1 rings (SSSR count). The fraction of sp³-hybridized carbons (Fsp3) is 0.400. The predicted molar refractivity (Wildman–Crippen MR) is 50.7 cm³/mol. The lowest BCUT2D eigenvalue weighted by atomic mass is 10.0. The van der Waals surface area contributed by atoms with Crippen LogP contribution in [0.5, 0.6) is 0 Å². The first kappa shape index (κ1) is 11.5. The molecule has 0 spiro atoms. The molecular formula is C10H14N2O3. The summed E-state index contributed by atoms with van der Waals surface area (Å²) in [5.41, 5.74) is 4.21. The monoisotopic (exact) mass is 210 g/mol. The number of Topliss-reactive ketones (excluding diaryl/α,β-unsaturated/α-hetero) is 1. The maximum atomic E-state index is 11.7. The van der Waals surface area contributed by atoms with Crippen molar-refractivity contribution in [2.24, 2.45) is 7.05 Å². The van der Waals surface area contributed by atoms with E-state index in [4.69, 9.17) is 0 Å². The maximum absolute atomic E-state index is 11.7. The predicted octanol–water partition coefficient (Wildman–Crippen LogP) is -1.65. The number of hydrogen-bond donors (Lipinski definition) is 1. The topological polar surface area (TPSA) is 89.8 Å². The number of quaternary nitrogens is 1. The molecule has 0 aromatic carbocycles. The molecule has 0 saturated heterocycles. The maximum Gasteiger partial charge on any atom is 0.221 e. The highest BCUT2D eigenvalue weighted by Crippen LogP contribution is 2.05. The van der Waals surface area contributed by atoms with Gasteiger partial charge in [0.05, 0.1) is 0 Å². The summed E-state index contributed by atoms with van der Waals surface area (Å²) >= 11 is 0. The molecule has 15 heavy (non-hydrogen) atoms. The van der Waals surface area contributed by atoms with Crippen LogP contribution < -0.4 is 10.8 Å². The van der Waals surface area contributed by atoms with Crippen molar-refractivity contribution in [3.05, 3.63) is 24.0 Å². The lowest BCUT2D eigenvalue weighted by Crippen LogP contribution is -2.65. The minimum absolute atomic E-state index is 0.128. The molecule has 0 radical (unpaired) electrons. The molecule has 1 atom stereocenters. The van der Waals surface area contributed by atoms with Gasteiger partial charge in [-0.3, -0.25) is 4.79 Å². The minimum atomic E-state index is -1.15. The number of carbonyl (C=O) groups is 2. The molecule has 82 valence electrons. The van der Waals surface area contributed by atoms with Crippen molar-refractivity contribution in [2.45, 2.75) is 18.9 Å². The van der Waals surface area contributed by atoms with Crippen LogP contribution >= 0.6 is 0 Å². The molecule has 0 amide bonds. The lowest BCUT2D eigenvalue weighted by Gasteiger charge is -2.06. The smallest absolute Gasteiger partial charge is 0.221 e. The van der Waals surface area contributed by atoms with Gasteiger partial charge < -0.3 is 20.2 Å². The van der Waals surface area contributed by atoms with Crippen molar-refractivity contribution in [3.63, 3.8) is 0 Å². The van der Waals surface area contributed by atoms with Gasteiger partial charge in [-0.2, -0.15) is 0 Å². The second kappa shape index (κ2) is 4.75. The quantitative estimate of drug-likeness (QED) is 0.590. The first-order valence-electron chi connectivity index (χ1n) is 4.70. The average Bonchev–Trinajstić information content (AvgIpc) is 2.60. The Bertz CT molecular complexity index is 370. The average molecular weight is 210 g/mol. The number of aliphatic carboxylic acids is 1. The van der Waals surface area contributed by atoms with E-state index in [1.54, 1.807) is 23.0 Å². The number of aryl methyl sites for hydroxylation is 1. The summed E-state index contributed by atoms with van der Waals surface area (Å²) < 4.78 is 1.76. The molecule has 1 aromatic heterocycles. The Morgan fingerprint density at radius 2 is 2.27 bits per heavy atom. The van der Waals surface area contributed by atoms with Crippen LogP contribution in [0.1, 0.15) is 23.2 Å². The summed E-state index contributed by atoms with van der Waals surface area (Å²) in [6, 6.07) is 1.17. The molecule has 0 bridgehead atoms. The molecule has 0 fully saturated rings. The van der Waals surface area contributed by atoms with Crippen molar-refractivity contribution in [3.8, 4) is 0 Å². The zero-order chi connectivity index (χ0) is 11.4. The fourth-order valence-electron chi connectivity index (χ4n) is 1.31. The van der Waals surface area contributed by atoms with E-state index in [1.165, 1.54) is 0 Å². The second-order valence-electron chi connectivity index (χ2n) is 3.54. The highest BCUT2D eigenvalue weighted by atomic mass is 16.4. The van der Waals surface area contributed by atoms with Crippen LogP contribution in [-0.4, -0.2) is 22.4 Å². The second-order valence-corrected chi connectivity index (χ2v) is 3.54. The minimum Gasteiger partial charge on any atom is -0.550 e. The van der Waals surface area contributed by atoms with Crippen LogP contribution in [0.3, 0.4) is 0 Å². The van der Waals surface area contributed by atoms with Gasteiger partial charge in [-0.15, -0.1) is 0 Å². The third kappa shape index (κ3) is 3.21. The van der Waals surface area contributed by atoms with Crippen LogP contribution in [0.2, 0.25) is 0 Å². The zero-order valence-corrected chi connectivity index (χ0v) is 8.60. The van der Waals surface area contributed by atoms with Gasteiger partial charge in [0.15, 0.2) is 0 Å². The summed E-state index contributed by atoms with van der Waals surface area (Å²) in [5, 5.41) is 10.2. The number of ketones is 1. The Kier molecular flexibility index (Phi) is 3.62. The van der Waals surface area contributed by atoms with E-state index >= 15 is 0 Å². The van der Waals surface area contributed by atoms with Crippen LogP contribution in [-0.2, 0) is 11.8 Å². The summed E-state index contributed by atoms with van der Waals surface area (Å²) in [6.45, 7) is 0. The summed E-state index contributed by atoms with van der Waals surface area (Å²) in [7, 11) is 1.82. The third-order valence-electron chi connectivity index (χ3n) is 2.18. The number of hydrogen-bond acceptors (Lipinski definition) is 3. The van der Waals surface area contributed by atoms with Gasteiger partial charge in [0.25, 0.3) is 0 Å². The van der Waals surface area contributed by atoms with E-state index in [1.807, 2.05) is 7.05 Å². The Balaban J connectivity index is 2.57. The molecule has 0 aliphatic heterocycles. The first-order valence-corrected chi connectivity index (χ1v) is 4.70. The molecule has 1 aromatic rings. The number of carbonyl (C=O) groups excluding carboxylic acids is 2. The standard InChI is InChI=1S/C10H14N2O3/c1-12-5-4-7(6-12)10(15)8(11)2-3-9(13)14/h4-6,8H,2-3,11H2,1H3,(H,13,14)/t8-/m0/s1. The normalized spacial score (nSPS) is 12.4. The molecule has 0 unspecified atom stereocenters. The number of rotatable bonds is 5. The molecule has 0 aliphatic carbocycles. The molecular weight excluding hydrogens is 196 g/mol. The molecule has 5 heteroatoms. The highest BCUT2D eigenvalue weighted by molar-refractivity contribution is 5.99. The van der Waals surface area contributed by atoms with Gasteiger partial charge in [-0.05, 0) is 12.5 Å². The largest absolute Gasteiger partial charge is 0.550 e. The van der Waals surface area contributed by atoms with Crippen LogP contribution in [0, 0.1) is 0 Å². The van der Waals surface area contributed by atoms with Crippen molar-refractivity contribution in [2.75, 3.05) is 0 Å². The summed E-state index contributed by atoms with van der Waals surface area (Å²) in [5.74, 6) is -1.28. The van der Waals surface area contributed by atoms with Crippen LogP contribution in [0.15, 0.2) is 18.5 Å². The number of nitrogens with zero attached hydrogens (tertiary/aromatic N) is 1. The van der Waals surface area contributed by atoms with Gasteiger partial charge in [-0.25, -0.2) is 0 Å². The third-order valence-corrected chi connectivity index (χ3v) is 2.18. The summed E-state index contributed by atoms with van der Waals surface area (Å²) in [6.07, 6.45) is 3.54. The van der Waals surface area contributed by atoms with Crippen molar-refractivity contribution in [1.29, 1.82) is 0 Å². The van der Waals surface area contributed by atoms with Gasteiger partial charge in [-0.1, -0.05) is 0 Å². The lowest BCUT2D eigenvalue weighted by molar-refractivity contribution is -0.401.